The smallest absolute Gasteiger partial charge is 0.245 e. The molecule has 2 aromatic carbocycles. The molecule has 0 bridgehead atoms. The van der Waals surface area contributed by atoms with Gasteiger partial charge in [-0.1, -0.05) is 17.4 Å². The fraction of sp³-hybridized carbons (Fsp3) is 0.125. The molecule has 0 unspecified atom stereocenters. The van der Waals surface area contributed by atoms with E-state index >= 15 is 0 Å². The van der Waals surface area contributed by atoms with E-state index in [-0.39, 0.29) is 18.2 Å². The fourth-order valence-corrected chi connectivity index (χ4v) is 3.61. The van der Waals surface area contributed by atoms with E-state index in [4.69, 9.17) is 0 Å². The second-order valence-corrected chi connectivity index (χ2v) is 6.39. The van der Waals surface area contributed by atoms with Crippen LogP contribution in [-0.2, 0) is 11.3 Å². The molecule has 24 heavy (non-hydrogen) atoms. The SMILES string of the molecule is O=C(CNc1cccc(O)c1)Nc1nc2ccc3c(c2s1)CNN3. The van der Waals surface area contributed by atoms with Gasteiger partial charge in [-0.05, 0) is 24.3 Å². The molecule has 1 aliphatic heterocycles. The normalized spacial score (nSPS) is 12.7. The Morgan fingerprint density at radius 3 is 3.12 bits per heavy atom. The summed E-state index contributed by atoms with van der Waals surface area (Å²) >= 11 is 1.46. The predicted octanol–water partition coefficient (Wildman–Crippen LogP) is 2.48. The number of carbonyl (C=O) groups excluding carboxylic acids is 1. The van der Waals surface area contributed by atoms with Gasteiger partial charge in [-0.3, -0.25) is 4.79 Å². The Kier molecular flexibility index (Phi) is 3.68. The van der Waals surface area contributed by atoms with Crippen molar-refractivity contribution in [3.8, 4) is 5.75 Å². The summed E-state index contributed by atoms with van der Waals surface area (Å²) < 4.78 is 1.07. The molecule has 5 N–H and O–H groups in total. The minimum absolute atomic E-state index is 0.0978. The molecular formula is C16H15N5O2S. The van der Waals surface area contributed by atoms with Crippen LogP contribution in [-0.4, -0.2) is 22.5 Å². The number of nitrogens with one attached hydrogen (secondary N) is 4. The largest absolute Gasteiger partial charge is 0.508 e. The van der Waals surface area contributed by atoms with Crippen molar-refractivity contribution in [3.05, 3.63) is 42.0 Å². The van der Waals surface area contributed by atoms with Crippen LogP contribution in [0.15, 0.2) is 36.4 Å². The van der Waals surface area contributed by atoms with Crippen LogP contribution >= 0.6 is 11.3 Å². The lowest BCUT2D eigenvalue weighted by Gasteiger charge is -2.06. The van der Waals surface area contributed by atoms with E-state index < -0.39 is 0 Å². The number of thiazole rings is 1. The van der Waals surface area contributed by atoms with Crippen molar-refractivity contribution in [3.63, 3.8) is 0 Å². The molecule has 122 valence electrons. The van der Waals surface area contributed by atoms with Gasteiger partial charge in [0.1, 0.15) is 5.75 Å². The molecule has 0 spiro atoms. The number of amides is 1. The number of aromatic hydroxyl groups is 1. The minimum atomic E-state index is -0.190. The number of benzene rings is 2. The van der Waals surface area contributed by atoms with Crippen molar-refractivity contribution in [1.82, 2.24) is 10.4 Å². The van der Waals surface area contributed by atoms with Gasteiger partial charge in [0.25, 0.3) is 0 Å². The maximum absolute atomic E-state index is 12.1. The molecule has 1 aliphatic rings. The quantitative estimate of drug-likeness (QED) is 0.500. The lowest BCUT2D eigenvalue weighted by Crippen LogP contribution is -2.21. The van der Waals surface area contributed by atoms with E-state index in [9.17, 15) is 9.90 Å². The monoisotopic (exact) mass is 341 g/mol. The van der Waals surface area contributed by atoms with Crippen LogP contribution in [0.5, 0.6) is 5.75 Å². The fourth-order valence-electron chi connectivity index (χ4n) is 2.58. The molecule has 0 radical (unpaired) electrons. The van der Waals surface area contributed by atoms with Crippen LogP contribution in [0.25, 0.3) is 10.2 Å². The zero-order valence-corrected chi connectivity index (χ0v) is 13.4. The first-order valence-corrected chi connectivity index (χ1v) is 8.25. The van der Waals surface area contributed by atoms with Gasteiger partial charge in [0.05, 0.1) is 22.4 Å². The van der Waals surface area contributed by atoms with Crippen LogP contribution in [0.4, 0.5) is 16.5 Å². The Bertz CT molecular complexity index is 924. The van der Waals surface area contributed by atoms with Crippen LogP contribution in [0.2, 0.25) is 0 Å². The van der Waals surface area contributed by atoms with Gasteiger partial charge in [0.15, 0.2) is 5.13 Å². The topological polar surface area (TPSA) is 98.3 Å². The first kappa shape index (κ1) is 14.7. The highest BCUT2D eigenvalue weighted by molar-refractivity contribution is 7.22. The van der Waals surface area contributed by atoms with Gasteiger partial charge >= 0.3 is 0 Å². The zero-order valence-electron chi connectivity index (χ0n) is 12.6. The second kappa shape index (κ2) is 5.99. The number of fused-ring (bicyclic) bond motifs is 3. The molecule has 1 aromatic heterocycles. The maximum atomic E-state index is 12.1. The molecule has 7 nitrogen and oxygen atoms in total. The third-order valence-electron chi connectivity index (χ3n) is 3.69. The number of phenolic OH excluding ortho intramolecular Hbond substituents is 1. The molecule has 0 atom stereocenters. The van der Waals surface area contributed by atoms with Crippen molar-refractivity contribution in [2.24, 2.45) is 0 Å². The van der Waals surface area contributed by atoms with Crippen LogP contribution in [0, 0.1) is 0 Å². The van der Waals surface area contributed by atoms with Crippen molar-refractivity contribution >= 4 is 44.0 Å². The summed E-state index contributed by atoms with van der Waals surface area (Å²) in [5, 5.41) is 15.8. The molecule has 0 aliphatic carbocycles. The highest BCUT2D eigenvalue weighted by Gasteiger charge is 2.17. The summed E-state index contributed by atoms with van der Waals surface area (Å²) in [5.74, 6) is -0.0343. The average Bonchev–Trinajstić information content (AvgIpc) is 3.18. The summed E-state index contributed by atoms with van der Waals surface area (Å²) in [6.45, 7) is 0.835. The lowest BCUT2D eigenvalue weighted by molar-refractivity contribution is -0.114. The Hall–Kier alpha value is -2.84. The molecule has 2 heterocycles. The van der Waals surface area contributed by atoms with Crippen molar-refractivity contribution < 1.29 is 9.90 Å². The van der Waals surface area contributed by atoms with Crippen molar-refractivity contribution in [2.75, 3.05) is 22.6 Å². The van der Waals surface area contributed by atoms with E-state index in [1.807, 2.05) is 12.1 Å². The highest BCUT2D eigenvalue weighted by atomic mass is 32.1. The van der Waals surface area contributed by atoms with Gasteiger partial charge < -0.3 is 21.2 Å². The Morgan fingerprint density at radius 2 is 2.25 bits per heavy atom. The summed E-state index contributed by atoms with van der Waals surface area (Å²) in [6.07, 6.45) is 0. The molecule has 0 saturated carbocycles. The molecule has 1 amide bonds. The molecule has 0 fully saturated rings. The van der Waals surface area contributed by atoms with E-state index in [1.165, 1.54) is 16.9 Å². The van der Waals surface area contributed by atoms with Gasteiger partial charge in [0.2, 0.25) is 5.91 Å². The van der Waals surface area contributed by atoms with Crippen molar-refractivity contribution in [2.45, 2.75) is 6.54 Å². The zero-order chi connectivity index (χ0) is 16.5. The van der Waals surface area contributed by atoms with E-state index in [0.717, 1.165) is 22.4 Å². The third kappa shape index (κ3) is 2.84. The number of phenols is 1. The third-order valence-corrected chi connectivity index (χ3v) is 4.74. The van der Waals surface area contributed by atoms with Crippen LogP contribution in [0.1, 0.15) is 5.56 Å². The van der Waals surface area contributed by atoms with Gasteiger partial charge in [0, 0.05) is 23.9 Å². The van der Waals surface area contributed by atoms with E-state index in [0.29, 0.717) is 10.8 Å². The standard InChI is InChI=1S/C16H15N5O2S/c22-10-3-1-2-9(6-10)17-8-14(23)20-16-19-13-5-4-12-11(7-18-21-12)15(13)24-16/h1-6,17-18,21-22H,7-8H2,(H,19,20,23). The summed E-state index contributed by atoms with van der Waals surface area (Å²) in [5.41, 5.74) is 9.96. The van der Waals surface area contributed by atoms with E-state index in [2.05, 4.69) is 26.5 Å². The van der Waals surface area contributed by atoms with Gasteiger partial charge in [-0.2, -0.15) is 0 Å². The molecule has 8 heteroatoms. The highest BCUT2D eigenvalue weighted by Crippen LogP contribution is 2.34. The number of rotatable bonds is 4. The Labute approximate surface area is 141 Å². The Balaban J connectivity index is 1.45. The molecular weight excluding hydrogens is 326 g/mol. The lowest BCUT2D eigenvalue weighted by atomic mass is 10.2. The average molecular weight is 341 g/mol. The van der Waals surface area contributed by atoms with Crippen molar-refractivity contribution in [1.29, 1.82) is 0 Å². The summed E-state index contributed by atoms with van der Waals surface area (Å²) in [7, 11) is 0. The number of aromatic nitrogens is 1. The molecule has 3 aromatic rings. The van der Waals surface area contributed by atoms with Gasteiger partial charge in [-0.15, -0.1) is 0 Å². The van der Waals surface area contributed by atoms with E-state index in [1.54, 1.807) is 24.3 Å². The molecule has 0 saturated heterocycles. The second-order valence-electron chi connectivity index (χ2n) is 5.39. The molecule has 4 rings (SSSR count). The number of hydrazine groups is 1. The number of anilines is 3. The predicted molar refractivity (Wildman–Crippen MR) is 95.3 cm³/mol. The summed E-state index contributed by atoms with van der Waals surface area (Å²) in [4.78, 5) is 16.5. The first-order valence-electron chi connectivity index (χ1n) is 7.43. The number of carbonyl (C=O) groups is 1. The maximum Gasteiger partial charge on any atom is 0.245 e. The number of nitrogens with zero attached hydrogens (tertiary/aromatic N) is 1. The minimum Gasteiger partial charge on any atom is -0.508 e. The van der Waals surface area contributed by atoms with Gasteiger partial charge in [-0.25, -0.2) is 10.4 Å². The van der Waals surface area contributed by atoms with Crippen LogP contribution in [0.3, 0.4) is 0 Å². The Morgan fingerprint density at radius 1 is 1.33 bits per heavy atom. The summed E-state index contributed by atoms with van der Waals surface area (Å²) in [6, 6.07) is 10.6. The first-order chi connectivity index (χ1) is 11.7. The number of hydrogen-bond donors (Lipinski definition) is 5. The van der Waals surface area contributed by atoms with Crippen LogP contribution < -0.4 is 21.5 Å². The number of hydrogen-bond acceptors (Lipinski definition) is 7.